The zero-order chi connectivity index (χ0) is 13.8. The van der Waals surface area contributed by atoms with Gasteiger partial charge in [-0.2, -0.15) is 0 Å². The first-order valence-corrected chi connectivity index (χ1v) is 7.44. The monoisotopic (exact) mass is 289 g/mol. The molecule has 0 saturated heterocycles. The lowest BCUT2D eigenvalue weighted by atomic mass is 10.2. The molecular weight excluding hydrogens is 274 g/mol. The van der Waals surface area contributed by atoms with Gasteiger partial charge in [0.1, 0.15) is 0 Å². The van der Waals surface area contributed by atoms with E-state index in [-0.39, 0.29) is 17.9 Å². The van der Waals surface area contributed by atoms with Crippen molar-refractivity contribution in [3.63, 3.8) is 0 Å². The number of sulfonamides is 1. The predicted octanol–water partition coefficient (Wildman–Crippen LogP) is 2.13. The fourth-order valence-corrected chi connectivity index (χ4v) is 3.04. The molecule has 0 spiro atoms. The maximum atomic E-state index is 12.0. The Hall–Kier alpha value is -0.910. The number of nitrogens with one attached hydrogen (secondary N) is 1. The maximum Gasteiger partial charge on any atom is 0.240 e. The summed E-state index contributed by atoms with van der Waals surface area (Å²) in [5, 5.41) is -0.457. The third kappa shape index (κ3) is 4.40. The van der Waals surface area contributed by atoms with Crippen LogP contribution in [0.2, 0.25) is 0 Å². The molecule has 1 rings (SSSR count). The predicted molar refractivity (Wildman–Crippen MR) is 71.2 cm³/mol. The number of aryl methyl sites for hydroxylation is 2. The number of carbonyl (C=O) groups is 1. The summed E-state index contributed by atoms with van der Waals surface area (Å²) in [7, 11) is -3.52. The van der Waals surface area contributed by atoms with Crippen molar-refractivity contribution in [3.8, 4) is 0 Å². The van der Waals surface area contributed by atoms with Crippen molar-refractivity contribution in [2.24, 2.45) is 0 Å². The van der Waals surface area contributed by atoms with E-state index in [1.807, 2.05) is 13.0 Å². The van der Waals surface area contributed by atoms with Gasteiger partial charge >= 0.3 is 0 Å². The van der Waals surface area contributed by atoms with E-state index in [0.717, 1.165) is 5.56 Å². The van der Waals surface area contributed by atoms with Gasteiger partial charge in [0.15, 0.2) is 0 Å². The van der Waals surface area contributed by atoms with E-state index >= 15 is 0 Å². The van der Waals surface area contributed by atoms with Gasteiger partial charge in [0.2, 0.25) is 15.3 Å². The lowest BCUT2D eigenvalue weighted by molar-refractivity contribution is -0.111. The van der Waals surface area contributed by atoms with Gasteiger partial charge in [0, 0.05) is 13.0 Å². The molecule has 0 atom stereocenters. The highest BCUT2D eigenvalue weighted by Crippen LogP contribution is 2.16. The number of hydrogen-bond donors (Lipinski definition) is 1. The Morgan fingerprint density at radius 3 is 2.61 bits per heavy atom. The van der Waals surface area contributed by atoms with E-state index in [9.17, 15) is 13.2 Å². The Balaban J connectivity index is 2.74. The van der Waals surface area contributed by atoms with Gasteiger partial charge in [0.25, 0.3) is 0 Å². The molecule has 18 heavy (non-hydrogen) atoms. The quantitative estimate of drug-likeness (QED) is 0.644. The van der Waals surface area contributed by atoms with Gasteiger partial charge in [-0.3, -0.25) is 4.79 Å². The zero-order valence-electron chi connectivity index (χ0n) is 10.4. The molecular formula is C12H16ClNO3S. The summed E-state index contributed by atoms with van der Waals surface area (Å²) in [5.74, 6) is 0. The molecule has 1 N–H and O–H groups in total. The van der Waals surface area contributed by atoms with Gasteiger partial charge < -0.3 is 0 Å². The molecule has 0 amide bonds. The molecule has 0 unspecified atom stereocenters. The topological polar surface area (TPSA) is 63.2 Å². The van der Waals surface area contributed by atoms with Gasteiger partial charge in [-0.15, -0.1) is 0 Å². The highest BCUT2D eigenvalue weighted by atomic mass is 35.5. The van der Waals surface area contributed by atoms with E-state index < -0.39 is 15.3 Å². The van der Waals surface area contributed by atoms with Crippen LogP contribution in [0.15, 0.2) is 23.1 Å². The van der Waals surface area contributed by atoms with Crippen molar-refractivity contribution in [3.05, 3.63) is 29.3 Å². The van der Waals surface area contributed by atoms with Crippen LogP contribution >= 0.6 is 11.6 Å². The number of halogens is 1. The Kier molecular flexibility index (Phi) is 5.31. The second kappa shape index (κ2) is 6.31. The molecule has 0 radical (unpaired) electrons. The number of rotatable bonds is 6. The van der Waals surface area contributed by atoms with Crippen molar-refractivity contribution < 1.29 is 13.2 Å². The molecule has 6 heteroatoms. The van der Waals surface area contributed by atoms with E-state index in [2.05, 4.69) is 4.72 Å². The standard InChI is InChI=1S/C12H16ClNO3S/c1-9-5-6-10(2)11(8-9)18(16,17)14-7-3-4-12(13)15/h5-6,8,14H,3-4,7H2,1-2H3. The van der Waals surface area contributed by atoms with E-state index in [0.29, 0.717) is 12.0 Å². The molecule has 0 aromatic heterocycles. The number of benzene rings is 1. The lowest BCUT2D eigenvalue weighted by Crippen LogP contribution is -2.25. The fourth-order valence-electron chi connectivity index (χ4n) is 1.51. The Labute approximate surface area is 112 Å². The molecule has 0 saturated carbocycles. The Morgan fingerprint density at radius 1 is 1.33 bits per heavy atom. The summed E-state index contributed by atoms with van der Waals surface area (Å²) in [6, 6.07) is 5.26. The van der Waals surface area contributed by atoms with Crippen molar-refractivity contribution in [1.29, 1.82) is 0 Å². The Morgan fingerprint density at radius 2 is 2.00 bits per heavy atom. The second-order valence-corrected chi connectivity index (χ2v) is 6.28. The SMILES string of the molecule is Cc1ccc(C)c(S(=O)(=O)NCCCC(=O)Cl)c1. The summed E-state index contributed by atoms with van der Waals surface area (Å²) in [6.45, 7) is 3.79. The zero-order valence-corrected chi connectivity index (χ0v) is 11.9. The van der Waals surface area contributed by atoms with E-state index in [1.165, 1.54) is 0 Å². The number of hydrogen-bond acceptors (Lipinski definition) is 3. The first-order chi connectivity index (χ1) is 8.33. The van der Waals surface area contributed by atoms with Crippen LogP contribution < -0.4 is 4.72 Å². The van der Waals surface area contributed by atoms with Gasteiger partial charge in [-0.1, -0.05) is 12.1 Å². The molecule has 0 fully saturated rings. The summed E-state index contributed by atoms with van der Waals surface area (Å²) in [4.78, 5) is 10.8. The van der Waals surface area contributed by atoms with Crippen molar-refractivity contribution in [2.45, 2.75) is 31.6 Å². The minimum atomic E-state index is -3.52. The second-order valence-electron chi connectivity index (χ2n) is 4.13. The van der Waals surface area contributed by atoms with Crippen LogP contribution in [0.1, 0.15) is 24.0 Å². The van der Waals surface area contributed by atoms with Crippen LogP contribution in [0.4, 0.5) is 0 Å². The van der Waals surface area contributed by atoms with E-state index in [4.69, 9.17) is 11.6 Å². The molecule has 0 aliphatic carbocycles. The fraction of sp³-hybridized carbons (Fsp3) is 0.417. The molecule has 1 aromatic carbocycles. The molecule has 100 valence electrons. The van der Waals surface area contributed by atoms with Crippen molar-refractivity contribution in [1.82, 2.24) is 4.72 Å². The molecule has 0 heterocycles. The summed E-state index contributed by atoms with van der Waals surface area (Å²) >= 11 is 5.17. The highest BCUT2D eigenvalue weighted by molar-refractivity contribution is 7.89. The molecule has 4 nitrogen and oxygen atoms in total. The summed E-state index contributed by atoms with van der Waals surface area (Å²) in [5.41, 5.74) is 1.58. The molecule has 1 aromatic rings. The normalized spacial score (nSPS) is 11.5. The van der Waals surface area contributed by atoms with Crippen molar-refractivity contribution >= 4 is 26.9 Å². The first kappa shape index (κ1) is 15.1. The Bertz CT molecular complexity index is 540. The van der Waals surface area contributed by atoms with Crippen molar-refractivity contribution in [2.75, 3.05) is 6.54 Å². The van der Waals surface area contributed by atoms with Gasteiger partial charge in [-0.25, -0.2) is 13.1 Å². The minimum Gasteiger partial charge on any atom is -0.281 e. The smallest absolute Gasteiger partial charge is 0.240 e. The average molecular weight is 290 g/mol. The van der Waals surface area contributed by atoms with Gasteiger partial charge in [0.05, 0.1) is 4.90 Å². The molecule has 0 bridgehead atoms. The van der Waals surface area contributed by atoms with E-state index in [1.54, 1.807) is 19.1 Å². The maximum absolute atomic E-state index is 12.0. The van der Waals surface area contributed by atoms with Crippen LogP contribution in [-0.2, 0) is 14.8 Å². The average Bonchev–Trinajstić information content (AvgIpc) is 2.27. The van der Waals surface area contributed by atoms with Crippen LogP contribution in [0, 0.1) is 13.8 Å². The largest absolute Gasteiger partial charge is 0.281 e. The molecule has 0 aliphatic heterocycles. The molecule has 0 aliphatic rings. The van der Waals surface area contributed by atoms with Gasteiger partial charge in [-0.05, 0) is 49.1 Å². The minimum absolute atomic E-state index is 0.164. The summed E-state index contributed by atoms with van der Waals surface area (Å²) < 4.78 is 26.5. The third-order valence-electron chi connectivity index (χ3n) is 2.48. The number of carbonyl (C=O) groups excluding carboxylic acids is 1. The highest BCUT2D eigenvalue weighted by Gasteiger charge is 2.16. The van der Waals surface area contributed by atoms with Crippen LogP contribution in [-0.4, -0.2) is 20.2 Å². The van der Waals surface area contributed by atoms with Crippen LogP contribution in [0.25, 0.3) is 0 Å². The first-order valence-electron chi connectivity index (χ1n) is 5.58. The lowest BCUT2D eigenvalue weighted by Gasteiger charge is -2.09. The third-order valence-corrected chi connectivity index (χ3v) is 4.27. The van der Waals surface area contributed by atoms with Crippen LogP contribution in [0.3, 0.4) is 0 Å². The van der Waals surface area contributed by atoms with Crippen LogP contribution in [0.5, 0.6) is 0 Å². The summed E-state index contributed by atoms with van der Waals surface area (Å²) in [6.07, 6.45) is 0.559.